The first kappa shape index (κ1) is 17.8. The van der Waals surface area contributed by atoms with Crippen LogP contribution in [0.3, 0.4) is 0 Å². The summed E-state index contributed by atoms with van der Waals surface area (Å²) in [5.74, 6) is 2.12. The van der Waals surface area contributed by atoms with Gasteiger partial charge in [-0.3, -0.25) is 4.99 Å². The molecule has 7 heteroatoms. The zero-order valence-electron chi connectivity index (χ0n) is 13.5. The van der Waals surface area contributed by atoms with Crippen molar-refractivity contribution in [3.8, 4) is 5.75 Å². The first-order chi connectivity index (χ1) is 11.1. The number of hydrogen-bond acceptors (Lipinski definition) is 3. The Bertz CT molecular complexity index is 528. The number of guanidine groups is 1. The van der Waals surface area contributed by atoms with Gasteiger partial charge in [-0.05, 0) is 24.1 Å². The van der Waals surface area contributed by atoms with Crippen LogP contribution in [0, 0.1) is 0 Å². The lowest BCUT2D eigenvalue weighted by Crippen LogP contribution is -2.47. The molecular formula is C16H23F2N3OS. The van der Waals surface area contributed by atoms with Crippen LogP contribution in [-0.4, -0.2) is 48.6 Å². The van der Waals surface area contributed by atoms with E-state index >= 15 is 0 Å². The number of hydrogen-bond donors (Lipinski definition) is 1. The van der Waals surface area contributed by atoms with E-state index in [9.17, 15) is 8.78 Å². The second kappa shape index (κ2) is 8.96. The van der Waals surface area contributed by atoms with Crippen molar-refractivity contribution in [2.75, 3.05) is 25.9 Å². The third kappa shape index (κ3) is 5.57. The Kier molecular flexibility index (Phi) is 6.95. The molecule has 0 aliphatic carbocycles. The van der Waals surface area contributed by atoms with Gasteiger partial charge in [0.2, 0.25) is 0 Å². The van der Waals surface area contributed by atoms with E-state index in [1.165, 1.54) is 6.07 Å². The van der Waals surface area contributed by atoms with Crippen molar-refractivity contribution in [3.05, 3.63) is 29.8 Å². The van der Waals surface area contributed by atoms with Gasteiger partial charge in [0.05, 0.1) is 0 Å². The minimum Gasteiger partial charge on any atom is -0.435 e. The largest absolute Gasteiger partial charge is 0.435 e. The number of thioether (sulfide) groups is 1. The summed E-state index contributed by atoms with van der Waals surface area (Å²) in [4.78, 5) is 6.59. The number of halogens is 2. The van der Waals surface area contributed by atoms with Crippen LogP contribution in [0.1, 0.15) is 18.9 Å². The van der Waals surface area contributed by atoms with Gasteiger partial charge in [-0.1, -0.05) is 19.1 Å². The molecule has 0 bridgehead atoms. The molecule has 0 radical (unpaired) electrons. The molecule has 1 unspecified atom stereocenters. The highest BCUT2D eigenvalue weighted by molar-refractivity contribution is 8.00. The molecule has 1 atom stereocenters. The van der Waals surface area contributed by atoms with Crippen molar-refractivity contribution in [3.63, 3.8) is 0 Å². The van der Waals surface area contributed by atoms with Gasteiger partial charge in [-0.2, -0.15) is 20.5 Å². The molecule has 1 saturated heterocycles. The summed E-state index contributed by atoms with van der Waals surface area (Å²) >= 11 is 2.00. The average Bonchev–Trinajstić information content (AvgIpc) is 2.55. The lowest BCUT2D eigenvalue weighted by molar-refractivity contribution is -0.0498. The Morgan fingerprint density at radius 3 is 3.04 bits per heavy atom. The van der Waals surface area contributed by atoms with Crippen LogP contribution in [0.25, 0.3) is 0 Å². The molecule has 4 nitrogen and oxygen atoms in total. The van der Waals surface area contributed by atoms with Crippen molar-refractivity contribution in [1.82, 2.24) is 10.2 Å². The maximum absolute atomic E-state index is 12.3. The Labute approximate surface area is 140 Å². The Morgan fingerprint density at radius 1 is 1.52 bits per heavy atom. The third-order valence-corrected chi connectivity index (χ3v) is 5.05. The molecule has 0 spiro atoms. The molecule has 128 valence electrons. The highest BCUT2D eigenvalue weighted by atomic mass is 32.2. The first-order valence-electron chi connectivity index (χ1n) is 7.73. The van der Waals surface area contributed by atoms with E-state index in [2.05, 4.69) is 26.9 Å². The highest BCUT2D eigenvalue weighted by Gasteiger charge is 2.21. The summed E-state index contributed by atoms with van der Waals surface area (Å²) in [5.41, 5.74) is 0.878. The van der Waals surface area contributed by atoms with Crippen molar-refractivity contribution in [2.45, 2.75) is 31.8 Å². The van der Waals surface area contributed by atoms with Gasteiger partial charge in [0.15, 0.2) is 5.96 Å². The first-order valence-corrected chi connectivity index (χ1v) is 8.78. The Balaban J connectivity index is 1.93. The Hall–Kier alpha value is -1.50. The van der Waals surface area contributed by atoms with Crippen LogP contribution in [0.2, 0.25) is 0 Å². The summed E-state index contributed by atoms with van der Waals surface area (Å²) in [5, 5.41) is 3.93. The van der Waals surface area contributed by atoms with Crippen molar-refractivity contribution < 1.29 is 13.5 Å². The van der Waals surface area contributed by atoms with Gasteiger partial charge in [-0.15, -0.1) is 0 Å². The quantitative estimate of drug-likeness (QED) is 0.658. The van der Waals surface area contributed by atoms with Crippen LogP contribution in [0.15, 0.2) is 29.3 Å². The molecule has 0 aromatic heterocycles. The lowest BCUT2D eigenvalue weighted by atomic mass is 10.2. The molecule has 1 N–H and O–H groups in total. The van der Waals surface area contributed by atoms with Crippen LogP contribution < -0.4 is 10.1 Å². The molecule has 1 aliphatic rings. The topological polar surface area (TPSA) is 36.9 Å². The average molecular weight is 343 g/mol. The van der Waals surface area contributed by atoms with Gasteiger partial charge in [0.1, 0.15) is 5.75 Å². The molecule has 0 saturated carbocycles. The van der Waals surface area contributed by atoms with E-state index in [1.807, 2.05) is 17.8 Å². The van der Waals surface area contributed by atoms with Crippen LogP contribution >= 0.6 is 11.8 Å². The van der Waals surface area contributed by atoms with Gasteiger partial charge < -0.3 is 15.0 Å². The molecule has 1 aromatic rings. The SMILES string of the molecule is CCC1CN(C(=NC)NCc2cccc(OC(F)F)c2)CCS1. The van der Waals surface area contributed by atoms with Crippen molar-refractivity contribution in [1.29, 1.82) is 0 Å². The number of aliphatic imine (C=N–C) groups is 1. The fourth-order valence-corrected chi connectivity index (χ4v) is 3.68. The molecule has 1 heterocycles. The minimum atomic E-state index is -2.80. The Morgan fingerprint density at radius 2 is 2.35 bits per heavy atom. The zero-order valence-corrected chi connectivity index (χ0v) is 14.3. The second-order valence-electron chi connectivity index (χ2n) is 5.27. The molecule has 1 aromatic carbocycles. The predicted octanol–water partition coefficient (Wildman–Crippen LogP) is 3.19. The number of nitrogens with zero attached hydrogens (tertiary/aromatic N) is 2. The van der Waals surface area contributed by atoms with E-state index in [4.69, 9.17) is 0 Å². The van der Waals surface area contributed by atoms with Crippen LogP contribution in [-0.2, 0) is 6.54 Å². The fraction of sp³-hybridized carbons (Fsp3) is 0.562. The molecule has 2 rings (SSSR count). The number of benzene rings is 1. The summed E-state index contributed by atoms with van der Waals surface area (Å²) in [6.07, 6.45) is 1.14. The van der Waals surface area contributed by atoms with Crippen LogP contribution in [0.4, 0.5) is 8.78 Å². The molecule has 23 heavy (non-hydrogen) atoms. The molecule has 1 fully saturated rings. The van der Waals surface area contributed by atoms with Gasteiger partial charge in [0.25, 0.3) is 0 Å². The smallest absolute Gasteiger partial charge is 0.387 e. The lowest BCUT2D eigenvalue weighted by Gasteiger charge is -2.34. The maximum atomic E-state index is 12.3. The number of alkyl halides is 2. The number of rotatable bonds is 5. The van der Waals surface area contributed by atoms with E-state index < -0.39 is 6.61 Å². The maximum Gasteiger partial charge on any atom is 0.387 e. The summed E-state index contributed by atoms with van der Waals surface area (Å²) in [7, 11) is 1.77. The van der Waals surface area contributed by atoms with Crippen LogP contribution in [0.5, 0.6) is 5.75 Å². The highest BCUT2D eigenvalue weighted by Crippen LogP contribution is 2.21. The number of nitrogens with one attached hydrogen (secondary N) is 1. The standard InChI is InChI=1S/C16H23F2N3OS/c1-3-14-11-21(7-8-23-14)16(19-2)20-10-12-5-4-6-13(9-12)22-15(17)18/h4-6,9,14-15H,3,7-8,10-11H2,1-2H3,(H,19,20). The molecular weight excluding hydrogens is 320 g/mol. The normalized spacial score (nSPS) is 19.1. The van der Waals surface area contributed by atoms with E-state index in [0.29, 0.717) is 11.8 Å². The summed E-state index contributed by atoms with van der Waals surface area (Å²) in [6.45, 7) is 1.87. The monoisotopic (exact) mass is 343 g/mol. The van der Waals surface area contributed by atoms with Crippen molar-refractivity contribution in [2.24, 2.45) is 4.99 Å². The molecule has 1 aliphatic heterocycles. The van der Waals surface area contributed by atoms with E-state index in [-0.39, 0.29) is 5.75 Å². The van der Waals surface area contributed by atoms with Crippen molar-refractivity contribution >= 4 is 17.7 Å². The van der Waals surface area contributed by atoms with Gasteiger partial charge in [0, 0.05) is 37.7 Å². The predicted molar refractivity (Wildman–Crippen MR) is 91.4 cm³/mol. The van der Waals surface area contributed by atoms with E-state index in [1.54, 1.807) is 19.2 Å². The molecule has 0 amide bonds. The van der Waals surface area contributed by atoms with E-state index in [0.717, 1.165) is 36.8 Å². The minimum absolute atomic E-state index is 0.176. The third-order valence-electron chi connectivity index (χ3n) is 3.68. The fourth-order valence-electron chi connectivity index (χ4n) is 2.50. The summed E-state index contributed by atoms with van der Waals surface area (Å²) < 4.78 is 29.0. The zero-order chi connectivity index (χ0) is 16.7. The number of ether oxygens (including phenoxy) is 1. The van der Waals surface area contributed by atoms with Gasteiger partial charge >= 0.3 is 6.61 Å². The second-order valence-corrected chi connectivity index (χ2v) is 6.68. The summed E-state index contributed by atoms with van der Waals surface area (Å²) in [6, 6.07) is 6.73. The van der Waals surface area contributed by atoms with Gasteiger partial charge in [-0.25, -0.2) is 0 Å².